The standard InChI is InChI=1S/C35H31F5N6O3/c1-2-20-22(37)6-4-16-10-19(47)11-21(24(16)20)27-26(38)28-25-32(44-34(43-28)48-15-35-8-3-9-45(35)13-17(36)12-35)46-14-18-5-7-23(41-18)29(46)30(31(39)40)49-33(25)42-27/h1,4,6,10-11,17-18,23,29-31,41,47H,3,5,7-9,12-15H2/t17-,18-,23+,29+,30+,35+/m1/s1. The van der Waals surface area contributed by atoms with E-state index in [4.69, 9.17) is 20.9 Å². The first-order valence-corrected chi connectivity index (χ1v) is 16.5. The molecule has 5 aliphatic rings. The topological polar surface area (TPSA) is 95.9 Å². The van der Waals surface area contributed by atoms with E-state index in [0.717, 1.165) is 25.5 Å². The number of hydrogen-bond acceptors (Lipinski definition) is 9. The molecule has 49 heavy (non-hydrogen) atoms. The van der Waals surface area contributed by atoms with Crippen molar-refractivity contribution in [2.75, 3.05) is 31.1 Å². The number of aromatic hydroxyl groups is 1. The summed E-state index contributed by atoms with van der Waals surface area (Å²) in [6.45, 7) is 1.39. The third kappa shape index (κ3) is 4.61. The van der Waals surface area contributed by atoms with Gasteiger partial charge in [-0.2, -0.15) is 9.97 Å². The molecule has 0 aliphatic carbocycles. The zero-order chi connectivity index (χ0) is 33.8. The lowest BCUT2D eigenvalue weighted by atomic mass is 9.95. The van der Waals surface area contributed by atoms with Crippen LogP contribution in [0, 0.1) is 24.0 Å². The second-order valence-corrected chi connectivity index (χ2v) is 13.8. The van der Waals surface area contributed by atoms with Crippen LogP contribution in [-0.2, 0) is 0 Å². The minimum atomic E-state index is -2.96. The van der Waals surface area contributed by atoms with Crippen molar-refractivity contribution in [2.24, 2.45) is 0 Å². The van der Waals surface area contributed by atoms with Gasteiger partial charge in [0.1, 0.15) is 46.8 Å². The van der Waals surface area contributed by atoms with Crippen LogP contribution in [-0.4, -0.2) is 93.6 Å². The van der Waals surface area contributed by atoms with Gasteiger partial charge in [0.2, 0.25) is 5.88 Å². The van der Waals surface area contributed by atoms with E-state index < -0.39 is 47.6 Å². The molecule has 9 rings (SSSR count). The maximum absolute atomic E-state index is 17.1. The molecular weight excluding hydrogens is 647 g/mol. The quantitative estimate of drug-likeness (QED) is 0.221. The molecule has 2 bridgehead atoms. The Hall–Kier alpha value is -4.48. The third-order valence-electron chi connectivity index (χ3n) is 11.0. The zero-order valence-corrected chi connectivity index (χ0v) is 26.1. The lowest BCUT2D eigenvalue weighted by Gasteiger charge is -2.43. The molecule has 0 amide bonds. The van der Waals surface area contributed by atoms with Crippen LogP contribution in [0.3, 0.4) is 0 Å². The molecule has 9 nitrogen and oxygen atoms in total. The molecule has 0 saturated carbocycles. The van der Waals surface area contributed by atoms with E-state index in [1.54, 1.807) is 4.90 Å². The lowest BCUT2D eigenvalue weighted by Crippen LogP contribution is -2.64. The molecule has 0 spiro atoms. The van der Waals surface area contributed by atoms with Crippen LogP contribution in [0.2, 0.25) is 0 Å². The summed E-state index contributed by atoms with van der Waals surface area (Å²) in [5.74, 6) is 0.0739. The van der Waals surface area contributed by atoms with Crippen molar-refractivity contribution < 1.29 is 36.5 Å². The van der Waals surface area contributed by atoms with Crippen LogP contribution < -0.4 is 19.7 Å². The second-order valence-electron chi connectivity index (χ2n) is 13.8. The first-order valence-electron chi connectivity index (χ1n) is 16.5. The largest absolute Gasteiger partial charge is 0.508 e. The fraction of sp³-hybridized carbons (Fsp3) is 0.457. The van der Waals surface area contributed by atoms with Crippen LogP contribution >= 0.6 is 0 Å². The number of pyridine rings is 1. The predicted octanol–water partition coefficient (Wildman–Crippen LogP) is 5.10. The molecule has 2 aromatic heterocycles. The Morgan fingerprint density at radius 1 is 1.14 bits per heavy atom. The number of rotatable bonds is 5. The smallest absolute Gasteiger partial charge is 0.319 e. The van der Waals surface area contributed by atoms with Crippen molar-refractivity contribution in [3.05, 3.63) is 41.5 Å². The van der Waals surface area contributed by atoms with Crippen LogP contribution in [0.5, 0.6) is 17.6 Å². The molecule has 2 N–H and O–H groups in total. The van der Waals surface area contributed by atoms with Crippen molar-refractivity contribution in [3.8, 4) is 41.2 Å². The van der Waals surface area contributed by atoms with E-state index in [-0.39, 0.29) is 76.0 Å². The molecule has 7 heterocycles. The highest BCUT2D eigenvalue weighted by Crippen LogP contribution is 2.47. The van der Waals surface area contributed by atoms with Gasteiger partial charge in [-0.25, -0.2) is 26.9 Å². The molecule has 0 radical (unpaired) electrons. The number of phenolic OH excluding ortho intramolecular Hbond substituents is 1. The number of phenols is 1. The third-order valence-corrected chi connectivity index (χ3v) is 11.0. The number of nitrogens with zero attached hydrogens (tertiary/aromatic N) is 5. The van der Waals surface area contributed by atoms with E-state index >= 15 is 4.39 Å². The second kappa shape index (κ2) is 11.0. The van der Waals surface area contributed by atoms with Crippen molar-refractivity contribution in [1.29, 1.82) is 0 Å². The maximum atomic E-state index is 17.1. The van der Waals surface area contributed by atoms with Crippen molar-refractivity contribution >= 4 is 27.5 Å². The van der Waals surface area contributed by atoms with Crippen LogP contribution in [0.1, 0.15) is 37.7 Å². The highest BCUT2D eigenvalue weighted by atomic mass is 19.3. The number of fused-ring (bicyclic) bond motifs is 7. The van der Waals surface area contributed by atoms with Gasteiger partial charge < -0.3 is 24.8 Å². The van der Waals surface area contributed by atoms with Crippen molar-refractivity contribution in [1.82, 2.24) is 25.2 Å². The molecule has 254 valence electrons. The van der Waals surface area contributed by atoms with Gasteiger partial charge in [0.05, 0.1) is 17.1 Å². The minimum Gasteiger partial charge on any atom is -0.508 e. The summed E-state index contributed by atoms with van der Waals surface area (Å²) in [7, 11) is 0. The van der Waals surface area contributed by atoms with Crippen LogP contribution in [0.4, 0.5) is 27.8 Å². The van der Waals surface area contributed by atoms with Crippen LogP contribution in [0.25, 0.3) is 32.9 Å². The summed E-state index contributed by atoms with van der Waals surface area (Å²) in [6.07, 6.45) is 3.29. The van der Waals surface area contributed by atoms with Crippen molar-refractivity contribution in [3.63, 3.8) is 0 Å². The lowest BCUT2D eigenvalue weighted by molar-refractivity contribution is -0.0127. The van der Waals surface area contributed by atoms with Gasteiger partial charge >= 0.3 is 6.01 Å². The average molecular weight is 679 g/mol. The van der Waals surface area contributed by atoms with Gasteiger partial charge in [-0.15, -0.1) is 6.42 Å². The molecule has 0 unspecified atom stereocenters. The summed E-state index contributed by atoms with van der Waals surface area (Å²) in [5, 5.41) is 14.4. The number of terminal acetylenes is 1. The molecular formula is C35H31F5N6O3. The Kier molecular flexibility index (Phi) is 6.87. The highest BCUT2D eigenvalue weighted by molar-refractivity contribution is 6.04. The Labute approximate surface area is 277 Å². The Bertz CT molecular complexity index is 2080. The molecule has 2 aromatic carbocycles. The molecule has 5 aliphatic heterocycles. The predicted molar refractivity (Wildman–Crippen MR) is 170 cm³/mol. The SMILES string of the molecule is C#Cc1c(F)ccc2cc(O)cc(-c3nc4c5c(nc(OC[C@@]67CCCN6C[C@H](F)C7)nc5c3F)N3C[C@H]5CC[C@H](N5)[C@H]3[C@@H](C(F)F)O4)c12. The number of anilines is 1. The summed E-state index contributed by atoms with van der Waals surface area (Å²) in [6, 6.07) is 3.57. The van der Waals surface area contributed by atoms with Gasteiger partial charge in [-0.05, 0) is 55.8 Å². The van der Waals surface area contributed by atoms with Gasteiger partial charge in [0.25, 0.3) is 6.43 Å². The monoisotopic (exact) mass is 678 g/mol. The highest BCUT2D eigenvalue weighted by Gasteiger charge is 2.52. The van der Waals surface area contributed by atoms with Gasteiger partial charge in [0.15, 0.2) is 11.9 Å². The Balaban J connectivity index is 1.28. The van der Waals surface area contributed by atoms with Gasteiger partial charge in [0, 0.05) is 42.5 Å². The number of nitrogens with one attached hydrogen (secondary N) is 1. The number of piperazine rings is 1. The first-order chi connectivity index (χ1) is 23.6. The summed E-state index contributed by atoms with van der Waals surface area (Å²) < 4.78 is 88.8. The fourth-order valence-corrected chi connectivity index (χ4v) is 8.91. The molecule has 6 atom stereocenters. The molecule has 4 fully saturated rings. The molecule has 4 saturated heterocycles. The van der Waals surface area contributed by atoms with Gasteiger partial charge in [-0.1, -0.05) is 12.0 Å². The van der Waals surface area contributed by atoms with E-state index in [1.165, 1.54) is 18.2 Å². The number of hydrogen-bond donors (Lipinski definition) is 2. The number of ether oxygens (including phenoxy) is 2. The number of aromatic nitrogens is 3. The summed E-state index contributed by atoms with van der Waals surface area (Å²) >= 11 is 0. The number of halogens is 5. The molecule has 4 aromatic rings. The van der Waals surface area contributed by atoms with E-state index in [2.05, 4.69) is 26.1 Å². The van der Waals surface area contributed by atoms with Crippen molar-refractivity contribution in [2.45, 2.75) is 74.5 Å². The fourth-order valence-electron chi connectivity index (χ4n) is 8.91. The number of alkyl halides is 3. The van der Waals surface area contributed by atoms with E-state index in [9.17, 15) is 22.7 Å². The summed E-state index contributed by atoms with van der Waals surface area (Å²) in [4.78, 5) is 17.4. The Morgan fingerprint density at radius 2 is 2.00 bits per heavy atom. The van der Waals surface area contributed by atoms with Crippen LogP contribution in [0.15, 0.2) is 24.3 Å². The average Bonchev–Trinajstić information content (AvgIpc) is 3.71. The van der Waals surface area contributed by atoms with E-state index in [1.807, 2.05) is 0 Å². The number of benzene rings is 2. The Morgan fingerprint density at radius 3 is 2.82 bits per heavy atom. The summed E-state index contributed by atoms with van der Waals surface area (Å²) in [5.41, 5.74) is -1.59. The normalized spacial score (nSPS) is 28.8. The zero-order valence-electron chi connectivity index (χ0n) is 26.1. The molecule has 14 heteroatoms. The minimum absolute atomic E-state index is 0.0128. The first kappa shape index (κ1) is 30.6. The van der Waals surface area contributed by atoms with Gasteiger partial charge in [-0.3, -0.25) is 4.90 Å². The maximum Gasteiger partial charge on any atom is 0.319 e. The van der Waals surface area contributed by atoms with E-state index in [0.29, 0.717) is 31.3 Å².